The predicted octanol–water partition coefficient (Wildman–Crippen LogP) is -0.779. The molecule has 3 unspecified atom stereocenters. The van der Waals surface area contributed by atoms with Crippen LogP contribution in [0.25, 0.3) is 0 Å². The number of nitrogens with one attached hydrogen (secondary N) is 4. The van der Waals surface area contributed by atoms with E-state index in [9.17, 15) is 0 Å². The van der Waals surface area contributed by atoms with Crippen LogP contribution in [0.4, 0.5) is 0 Å². The van der Waals surface area contributed by atoms with Crippen LogP contribution >= 0.6 is 0 Å². The van der Waals surface area contributed by atoms with Crippen LogP contribution in [-0.4, -0.2) is 44.1 Å². The first-order valence-corrected chi connectivity index (χ1v) is 6.42. The second-order valence-electron chi connectivity index (χ2n) is 5.00. The highest BCUT2D eigenvalue weighted by Gasteiger charge is 2.35. The van der Waals surface area contributed by atoms with Crippen LogP contribution in [0.15, 0.2) is 5.10 Å². The lowest BCUT2D eigenvalue weighted by molar-refractivity contribution is 0.262. The summed E-state index contributed by atoms with van der Waals surface area (Å²) in [6, 6.07) is 1.10. The van der Waals surface area contributed by atoms with Crippen LogP contribution in [0.5, 0.6) is 0 Å². The fourth-order valence-corrected chi connectivity index (χ4v) is 3.02. The molecule has 0 aromatic rings. The van der Waals surface area contributed by atoms with E-state index >= 15 is 0 Å². The summed E-state index contributed by atoms with van der Waals surface area (Å²) in [4.78, 5) is 0. The maximum atomic E-state index is 4.21. The first-order chi connectivity index (χ1) is 7.93. The molecule has 1 saturated carbocycles. The highest BCUT2D eigenvalue weighted by atomic mass is 15.3. The standard InChI is InChI=1S/C11H21N5/c1-2-8-6-15-16-11(8)9(3-1)14-7-10-12-4-5-13-10/h6,8-14,16H,1-5,7H2. The molecule has 3 aliphatic rings. The van der Waals surface area contributed by atoms with E-state index < -0.39 is 0 Å². The minimum Gasteiger partial charge on any atom is -0.309 e. The van der Waals surface area contributed by atoms with E-state index in [4.69, 9.17) is 0 Å². The fraction of sp³-hybridized carbons (Fsp3) is 0.909. The van der Waals surface area contributed by atoms with E-state index in [0.29, 0.717) is 24.2 Å². The van der Waals surface area contributed by atoms with Crippen molar-refractivity contribution in [2.45, 2.75) is 37.5 Å². The summed E-state index contributed by atoms with van der Waals surface area (Å²) in [5.41, 5.74) is 3.25. The second-order valence-corrected chi connectivity index (χ2v) is 5.00. The van der Waals surface area contributed by atoms with Gasteiger partial charge in [0.25, 0.3) is 0 Å². The zero-order valence-electron chi connectivity index (χ0n) is 9.58. The Bertz CT molecular complexity index is 261. The molecule has 0 aromatic carbocycles. The summed E-state index contributed by atoms with van der Waals surface area (Å²) < 4.78 is 0. The SMILES string of the molecule is C1=NNC2C1CCCC2NCC1NCCN1. The Hall–Kier alpha value is -0.650. The van der Waals surface area contributed by atoms with Crippen molar-refractivity contribution in [1.82, 2.24) is 21.4 Å². The summed E-state index contributed by atoms with van der Waals surface area (Å²) in [5, 5.41) is 14.7. The van der Waals surface area contributed by atoms with Crippen LogP contribution in [0.2, 0.25) is 0 Å². The van der Waals surface area contributed by atoms with Crippen LogP contribution in [0.3, 0.4) is 0 Å². The van der Waals surface area contributed by atoms with Crippen molar-refractivity contribution in [2.24, 2.45) is 11.0 Å². The van der Waals surface area contributed by atoms with Gasteiger partial charge in [0.15, 0.2) is 0 Å². The fourth-order valence-electron chi connectivity index (χ4n) is 3.02. The lowest BCUT2D eigenvalue weighted by atomic mass is 9.82. The molecular weight excluding hydrogens is 202 g/mol. The van der Waals surface area contributed by atoms with Crippen LogP contribution in [0.1, 0.15) is 19.3 Å². The van der Waals surface area contributed by atoms with Gasteiger partial charge in [0.05, 0.1) is 12.2 Å². The number of hydrazone groups is 1. The van der Waals surface area contributed by atoms with Crippen molar-refractivity contribution in [3.05, 3.63) is 0 Å². The van der Waals surface area contributed by atoms with Gasteiger partial charge in [0, 0.05) is 37.8 Å². The van der Waals surface area contributed by atoms with E-state index in [-0.39, 0.29) is 0 Å². The first kappa shape index (κ1) is 10.5. The predicted molar refractivity (Wildman–Crippen MR) is 64.3 cm³/mol. The summed E-state index contributed by atoms with van der Waals surface area (Å²) in [6.45, 7) is 3.18. The van der Waals surface area contributed by atoms with E-state index in [2.05, 4.69) is 32.7 Å². The Kier molecular flexibility index (Phi) is 3.08. The second kappa shape index (κ2) is 4.69. The molecule has 5 heteroatoms. The maximum absolute atomic E-state index is 4.21. The third kappa shape index (κ3) is 2.07. The van der Waals surface area contributed by atoms with Crippen molar-refractivity contribution in [3.8, 4) is 0 Å². The summed E-state index contributed by atoms with van der Waals surface area (Å²) in [7, 11) is 0. The quantitative estimate of drug-likeness (QED) is 0.507. The molecule has 3 rings (SSSR count). The van der Waals surface area contributed by atoms with E-state index in [1.807, 2.05) is 0 Å². The Morgan fingerprint density at radius 1 is 1.25 bits per heavy atom. The molecule has 0 aromatic heterocycles. The van der Waals surface area contributed by atoms with Gasteiger partial charge in [0.1, 0.15) is 0 Å². The van der Waals surface area contributed by atoms with Crippen molar-refractivity contribution in [1.29, 1.82) is 0 Å². The monoisotopic (exact) mass is 223 g/mol. The lowest BCUT2D eigenvalue weighted by Gasteiger charge is -2.33. The average Bonchev–Trinajstić information content (AvgIpc) is 2.97. The molecule has 0 amide bonds. The normalized spacial score (nSPS) is 38.6. The zero-order chi connectivity index (χ0) is 10.8. The van der Waals surface area contributed by atoms with Crippen LogP contribution < -0.4 is 21.4 Å². The van der Waals surface area contributed by atoms with Gasteiger partial charge >= 0.3 is 0 Å². The number of rotatable bonds is 3. The minimum atomic E-state index is 0.447. The van der Waals surface area contributed by atoms with E-state index in [1.165, 1.54) is 19.3 Å². The van der Waals surface area contributed by atoms with Gasteiger partial charge in [-0.05, 0) is 12.8 Å². The number of nitrogens with zero attached hydrogens (tertiary/aromatic N) is 1. The summed E-state index contributed by atoms with van der Waals surface area (Å²) >= 11 is 0. The Balaban J connectivity index is 1.50. The molecule has 4 N–H and O–H groups in total. The topological polar surface area (TPSA) is 60.5 Å². The zero-order valence-corrected chi connectivity index (χ0v) is 9.58. The first-order valence-electron chi connectivity index (χ1n) is 6.42. The third-order valence-corrected chi connectivity index (χ3v) is 3.93. The molecule has 90 valence electrons. The van der Waals surface area contributed by atoms with Crippen LogP contribution in [-0.2, 0) is 0 Å². The van der Waals surface area contributed by atoms with Gasteiger partial charge in [-0.25, -0.2) is 0 Å². The minimum absolute atomic E-state index is 0.447. The highest BCUT2D eigenvalue weighted by molar-refractivity contribution is 5.64. The average molecular weight is 223 g/mol. The molecule has 1 saturated heterocycles. The van der Waals surface area contributed by atoms with E-state index in [0.717, 1.165) is 19.6 Å². The largest absolute Gasteiger partial charge is 0.309 e. The Morgan fingerprint density at radius 3 is 3.00 bits per heavy atom. The Labute approximate surface area is 96.4 Å². The molecule has 16 heavy (non-hydrogen) atoms. The molecular formula is C11H21N5. The molecule has 2 aliphatic heterocycles. The lowest BCUT2D eigenvalue weighted by Crippen LogP contribution is -2.54. The molecule has 1 aliphatic carbocycles. The third-order valence-electron chi connectivity index (χ3n) is 3.93. The van der Waals surface area contributed by atoms with Crippen LogP contribution in [0, 0.1) is 5.92 Å². The van der Waals surface area contributed by atoms with Gasteiger partial charge < -0.3 is 10.7 Å². The van der Waals surface area contributed by atoms with Gasteiger partial charge in [-0.2, -0.15) is 5.10 Å². The molecule has 3 atom stereocenters. The van der Waals surface area contributed by atoms with E-state index in [1.54, 1.807) is 0 Å². The maximum Gasteiger partial charge on any atom is 0.0701 e. The van der Waals surface area contributed by atoms with Crippen molar-refractivity contribution in [2.75, 3.05) is 19.6 Å². The molecule has 0 bridgehead atoms. The Morgan fingerprint density at radius 2 is 2.12 bits per heavy atom. The molecule has 2 heterocycles. The van der Waals surface area contributed by atoms with Crippen molar-refractivity contribution in [3.63, 3.8) is 0 Å². The summed E-state index contributed by atoms with van der Waals surface area (Å²) in [6.07, 6.45) is 6.41. The van der Waals surface area contributed by atoms with Gasteiger partial charge in [-0.15, -0.1) is 0 Å². The molecule has 5 nitrogen and oxygen atoms in total. The number of hydrogen-bond donors (Lipinski definition) is 4. The number of hydrogen-bond acceptors (Lipinski definition) is 5. The molecule has 2 fully saturated rings. The van der Waals surface area contributed by atoms with Gasteiger partial charge in [0.2, 0.25) is 0 Å². The van der Waals surface area contributed by atoms with Crippen molar-refractivity contribution < 1.29 is 0 Å². The highest BCUT2D eigenvalue weighted by Crippen LogP contribution is 2.26. The number of fused-ring (bicyclic) bond motifs is 1. The smallest absolute Gasteiger partial charge is 0.0701 e. The molecule has 0 radical (unpaired) electrons. The molecule has 0 spiro atoms. The summed E-state index contributed by atoms with van der Waals surface area (Å²) in [5.74, 6) is 0.649. The van der Waals surface area contributed by atoms with Gasteiger partial charge in [-0.1, -0.05) is 6.42 Å². The van der Waals surface area contributed by atoms with Gasteiger partial charge in [-0.3, -0.25) is 10.6 Å². The van der Waals surface area contributed by atoms with Crippen molar-refractivity contribution >= 4 is 6.21 Å².